The van der Waals surface area contributed by atoms with E-state index in [0.29, 0.717) is 11.3 Å². The average molecular weight is 465 g/mol. The third-order valence-corrected chi connectivity index (χ3v) is 7.83. The molecule has 0 bridgehead atoms. The Labute approximate surface area is 179 Å². The van der Waals surface area contributed by atoms with Gasteiger partial charge in [0.05, 0.1) is 4.90 Å². The molecule has 0 saturated carbocycles. The molecule has 158 valence electrons. The van der Waals surface area contributed by atoms with Crippen LogP contribution in [0.25, 0.3) is 0 Å². The van der Waals surface area contributed by atoms with Gasteiger partial charge in [-0.05, 0) is 48.2 Å². The zero-order valence-electron chi connectivity index (χ0n) is 16.2. The molecule has 0 atom stereocenters. The molecule has 0 saturated heterocycles. The summed E-state index contributed by atoms with van der Waals surface area (Å²) < 4.78 is 51.0. The molecule has 1 aromatic heterocycles. The second-order valence-electron chi connectivity index (χ2n) is 6.68. The molecule has 0 unspecified atom stereocenters. The Hall–Kier alpha value is -2.69. The summed E-state index contributed by atoms with van der Waals surface area (Å²) >= 11 is 1.03. The average Bonchev–Trinajstić information content (AvgIpc) is 3.18. The van der Waals surface area contributed by atoms with Gasteiger partial charge in [-0.3, -0.25) is 9.52 Å². The summed E-state index contributed by atoms with van der Waals surface area (Å²) in [6.45, 7) is 2.03. The minimum absolute atomic E-state index is 0.0716. The van der Waals surface area contributed by atoms with E-state index in [-0.39, 0.29) is 21.2 Å². The van der Waals surface area contributed by atoms with Gasteiger partial charge in [-0.25, -0.2) is 16.8 Å². The number of benzene rings is 2. The quantitative estimate of drug-likeness (QED) is 0.558. The molecule has 2 aromatic carbocycles. The first kappa shape index (κ1) is 22.0. The number of carbonyl (C=O) groups excluding carboxylic acids is 1. The van der Waals surface area contributed by atoms with Crippen molar-refractivity contribution in [2.75, 3.05) is 11.0 Å². The minimum atomic E-state index is -3.93. The van der Waals surface area contributed by atoms with Crippen LogP contribution in [0.5, 0.6) is 0 Å². The molecular formula is C20H20N2O5S3. The molecule has 0 aliphatic heterocycles. The standard InChI is InChI=1S/C20H20N2O5S3/c1-14-3-7-16(8-4-14)22-30(26,27)18-11-12-28-19(18)20(23)21-13-15-5-9-17(10-6-15)29(2,24)25/h3-12,22H,13H2,1-2H3,(H,21,23). The number of carbonyl (C=O) groups is 1. The monoisotopic (exact) mass is 464 g/mol. The highest BCUT2D eigenvalue weighted by Gasteiger charge is 2.24. The van der Waals surface area contributed by atoms with Crippen LogP contribution >= 0.6 is 11.3 Å². The van der Waals surface area contributed by atoms with E-state index in [1.807, 2.05) is 6.92 Å². The summed E-state index contributed by atoms with van der Waals surface area (Å²) in [5.41, 5.74) is 2.09. The van der Waals surface area contributed by atoms with Crippen molar-refractivity contribution < 1.29 is 21.6 Å². The van der Waals surface area contributed by atoms with E-state index >= 15 is 0 Å². The van der Waals surface area contributed by atoms with Crippen LogP contribution in [-0.4, -0.2) is 29.0 Å². The van der Waals surface area contributed by atoms with Gasteiger partial charge in [0.1, 0.15) is 9.77 Å². The van der Waals surface area contributed by atoms with Gasteiger partial charge in [-0.1, -0.05) is 29.8 Å². The Balaban J connectivity index is 1.72. The fourth-order valence-electron chi connectivity index (χ4n) is 2.62. The second-order valence-corrected chi connectivity index (χ2v) is 11.3. The number of rotatable bonds is 7. The smallest absolute Gasteiger partial charge is 0.263 e. The molecule has 3 rings (SSSR count). The van der Waals surface area contributed by atoms with Gasteiger partial charge in [-0.2, -0.15) is 0 Å². The van der Waals surface area contributed by atoms with Crippen LogP contribution in [0.3, 0.4) is 0 Å². The van der Waals surface area contributed by atoms with Crippen LogP contribution < -0.4 is 10.0 Å². The molecular weight excluding hydrogens is 444 g/mol. The van der Waals surface area contributed by atoms with Gasteiger partial charge in [0, 0.05) is 18.5 Å². The third-order valence-electron chi connectivity index (χ3n) is 4.23. The third kappa shape index (κ3) is 5.26. The van der Waals surface area contributed by atoms with Gasteiger partial charge >= 0.3 is 0 Å². The Bertz CT molecular complexity index is 1260. The minimum Gasteiger partial charge on any atom is -0.347 e. The number of anilines is 1. The van der Waals surface area contributed by atoms with Gasteiger partial charge in [0.2, 0.25) is 0 Å². The number of amides is 1. The summed E-state index contributed by atoms with van der Waals surface area (Å²) in [4.78, 5) is 12.7. The van der Waals surface area contributed by atoms with E-state index in [2.05, 4.69) is 10.0 Å². The first-order valence-electron chi connectivity index (χ1n) is 8.80. The Morgan fingerprint density at radius 2 is 1.57 bits per heavy atom. The highest BCUT2D eigenvalue weighted by molar-refractivity contribution is 7.93. The maximum atomic E-state index is 12.7. The fourth-order valence-corrected chi connectivity index (χ4v) is 5.66. The lowest BCUT2D eigenvalue weighted by Crippen LogP contribution is -2.24. The highest BCUT2D eigenvalue weighted by atomic mass is 32.2. The number of aryl methyl sites for hydroxylation is 1. The maximum absolute atomic E-state index is 12.7. The van der Waals surface area contributed by atoms with E-state index in [1.165, 1.54) is 18.2 Å². The van der Waals surface area contributed by atoms with Crippen molar-refractivity contribution in [1.82, 2.24) is 5.32 Å². The van der Waals surface area contributed by atoms with Gasteiger partial charge in [0.15, 0.2) is 9.84 Å². The number of thiophene rings is 1. The molecule has 10 heteroatoms. The van der Waals surface area contributed by atoms with Crippen molar-refractivity contribution in [2.24, 2.45) is 0 Å². The van der Waals surface area contributed by atoms with Crippen molar-refractivity contribution >= 4 is 42.8 Å². The highest BCUT2D eigenvalue weighted by Crippen LogP contribution is 2.25. The Morgan fingerprint density at radius 3 is 2.17 bits per heavy atom. The molecule has 0 aliphatic rings. The lowest BCUT2D eigenvalue weighted by Gasteiger charge is -2.10. The molecule has 0 fully saturated rings. The number of sulfonamides is 1. The van der Waals surface area contributed by atoms with Crippen LogP contribution in [0.15, 0.2) is 69.8 Å². The Kier molecular flexibility index (Phi) is 6.30. The first-order chi connectivity index (χ1) is 14.1. The Morgan fingerprint density at radius 1 is 0.933 bits per heavy atom. The topological polar surface area (TPSA) is 109 Å². The molecule has 30 heavy (non-hydrogen) atoms. The zero-order valence-corrected chi connectivity index (χ0v) is 18.7. The predicted octanol–water partition coefficient (Wildman–Crippen LogP) is 3.19. The van der Waals surface area contributed by atoms with E-state index in [4.69, 9.17) is 0 Å². The molecule has 1 heterocycles. The number of hydrogen-bond donors (Lipinski definition) is 2. The van der Waals surface area contributed by atoms with E-state index in [9.17, 15) is 21.6 Å². The van der Waals surface area contributed by atoms with E-state index < -0.39 is 25.8 Å². The largest absolute Gasteiger partial charge is 0.347 e. The van der Waals surface area contributed by atoms with Gasteiger partial charge in [0.25, 0.3) is 15.9 Å². The summed E-state index contributed by atoms with van der Waals surface area (Å²) in [7, 11) is -7.23. The van der Waals surface area contributed by atoms with Gasteiger partial charge < -0.3 is 5.32 Å². The SMILES string of the molecule is Cc1ccc(NS(=O)(=O)c2ccsc2C(=O)NCc2ccc(S(C)(=O)=O)cc2)cc1. The molecule has 0 radical (unpaired) electrons. The maximum Gasteiger partial charge on any atom is 0.263 e. The van der Waals surface area contributed by atoms with E-state index in [0.717, 1.165) is 23.2 Å². The molecule has 0 spiro atoms. The first-order valence-corrected chi connectivity index (χ1v) is 13.1. The van der Waals surface area contributed by atoms with Crippen molar-refractivity contribution in [1.29, 1.82) is 0 Å². The van der Waals surface area contributed by atoms with Crippen molar-refractivity contribution in [3.8, 4) is 0 Å². The molecule has 3 aromatic rings. The molecule has 0 aliphatic carbocycles. The van der Waals surface area contributed by atoms with Crippen LogP contribution in [0.1, 0.15) is 20.8 Å². The van der Waals surface area contributed by atoms with Crippen LogP contribution in [0.4, 0.5) is 5.69 Å². The van der Waals surface area contributed by atoms with Crippen molar-refractivity contribution in [3.63, 3.8) is 0 Å². The van der Waals surface area contributed by atoms with Gasteiger partial charge in [-0.15, -0.1) is 11.3 Å². The summed E-state index contributed by atoms with van der Waals surface area (Å²) in [6.07, 6.45) is 1.12. The lowest BCUT2D eigenvalue weighted by atomic mass is 10.2. The zero-order chi connectivity index (χ0) is 21.9. The van der Waals surface area contributed by atoms with E-state index in [1.54, 1.807) is 41.8 Å². The molecule has 1 amide bonds. The lowest BCUT2D eigenvalue weighted by molar-refractivity contribution is 0.0952. The normalized spacial score (nSPS) is 11.8. The number of nitrogens with one attached hydrogen (secondary N) is 2. The molecule has 7 nitrogen and oxygen atoms in total. The number of hydrogen-bond acceptors (Lipinski definition) is 6. The van der Waals surface area contributed by atoms with Crippen LogP contribution in [0, 0.1) is 6.92 Å². The van der Waals surface area contributed by atoms with Crippen LogP contribution in [-0.2, 0) is 26.4 Å². The number of sulfone groups is 1. The summed E-state index contributed by atoms with van der Waals surface area (Å²) in [5.74, 6) is -0.526. The van der Waals surface area contributed by atoms with Crippen molar-refractivity contribution in [2.45, 2.75) is 23.3 Å². The second kappa shape index (κ2) is 8.58. The fraction of sp³-hybridized carbons (Fsp3) is 0.150. The predicted molar refractivity (Wildman–Crippen MR) is 117 cm³/mol. The summed E-state index contributed by atoms with van der Waals surface area (Å²) in [5, 5.41) is 4.21. The van der Waals surface area contributed by atoms with Crippen molar-refractivity contribution in [3.05, 3.63) is 76.0 Å². The summed E-state index contributed by atoms with van der Waals surface area (Å²) in [6, 6.07) is 14.4. The molecule has 2 N–H and O–H groups in total. The van der Waals surface area contributed by atoms with Crippen LogP contribution in [0.2, 0.25) is 0 Å².